The zero-order chi connectivity index (χ0) is 22.6. The number of rotatable bonds is 7. The van der Waals surface area contributed by atoms with Crippen molar-refractivity contribution in [2.24, 2.45) is 5.10 Å². The number of aryl methyl sites for hydroxylation is 2. The molecule has 0 saturated carbocycles. The summed E-state index contributed by atoms with van der Waals surface area (Å²) in [6.45, 7) is 14.1. The van der Waals surface area contributed by atoms with Crippen LogP contribution in [0.4, 0.5) is 5.69 Å². The first kappa shape index (κ1) is 23.3. The van der Waals surface area contributed by atoms with E-state index in [9.17, 15) is 4.79 Å². The molecule has 0 bridgehead atoms. The third kappa shape index (κ3) is 5.85. The van der Waals surface area contributed by atoms with E-state index in [1.165, 1.54) is 23.0 Å². The smallest absolute Gasteiger partial charge is 0.250 e. The number of nitrogens with zero attached hydrogens (tertiary/aromatic N) is 4. The minimum absolute atomic E-state index is 0.156. The summed E-state index contributed by atoms with van der Waals surface area (Å²) in [7, 11) is 0. The summed E-state index contributed by atoms with van der Waals surface area (Å²) in [4.78, 5) is 23.3. The van der Waals surface area contributed by atoms with Crippen molar-refractivity contribution < 1.29 is 4.79 Å². The molecular formula is C24H33N5OS. The van der Waals surface area contributed by atoms with E-state index in [0.717, 1.165) is 36.3 Å². The zero-order valence-electron chi connectivity index (χ0n) is 19.4. The molecule has 1 amide bonds. The van der Waals surface area contributed by atoms with Gasteiger partial charge in [-0.3, -0.25) is 4.79 Å². The van der Waals surface area contributed by atoms with Gasteiger partial charge in [0.25, 0.3) is 5.91 Å². The zero-order valence-corrected chi connectivity index (χ0v) is 20.2. The van der Waals surface area contributed by atoms with Crippen molar-refractivity contribution in [1.29, 1.82) is 0 Å². The molecule has 0 spiro atoms. The van der Waals surface area contributed by atoms with Crippen LogP contribution in [0.3, 0.4) is 0 Å². The number of hydrogen-bond acceptors (Lipinski definition) is 6. The van der Waals surface area contributed by atoms with Crippen molar-refractivity contribution in [3.8, 4) is 0 Å². The average molecular weight is 440 g/mol. The van der Waals surface area contributed by atoms with Gasteiger partial charge in [-0.05, 0) is 75.8 Å². The van der Waals surface area contributed by atoms with Crippen LogP contribution in [0.5, 0.6) is 0 Å². The van der Waals surface area contributed by atoms with Crippen LogP contribution in [0.2, 0.25) is 0 Å². The molecule has 7 heteroatoms. The van der Waals surface area contributed by atoms with E-state index in [4.69, 9.17) is 0 Å². The van der Waals surface area contributed by atoms with Crippen molar-refractivity contribution >= 4 is 29.6 Å². The molecule has 1 aromatic heterocycles. The topological polar surface area (TPSA) is 70.5 Å². The third-order valence-corrected chi connectivity index (χ3v) is 6.40. The van der Waals surface area contributed by atoms with Gasteiger partial charge >= 0.3 is 0 Å². The van der Waals surface area contributed by atoms with Crippen LogP contribution in [-0.4, -0.2) is 39.9 Å². The summed E-state index contributed by atoms with van der Waals surface area (Å²) in [6, 6.07) is 8.38. The lowest BCUT2D eigenvalue weighted by Crippen LogP contribution is -2.48. The van der Waals surface area contributed by atoms with Crippen molar-refractivity contribution in [3.63, 3.8) is 0 Å². The van der Waals surface area contributed by atoms with Gasteiger partial charge in [0.05, 0.1) is 12.0 Å². The van der Waals surface area contributed by atoms with E-state index in [1.54, 1.807) is 6.21 Å². The number of aromatic nitrogens is 2. The lowest BCUT2D eigenvalue weighted by Gasteiger charge is -2.47. The van der Waals surface area contributed by atoms with Gasteiger partial charge in [0, 0.05) is 29.2 Å². The van der Waals surface area contributed by atoms with Gasteiger partial charge in [-0.25, -0.2) is 15.4 Å². The van der Waals surface area contributed by atoms with Crippen LogP contribution in [0, 0.1) is 13.8 Å². The maximum Gasteiger partial charge on any atom is 0.250 e. The Labute approximate surface area is 189 Å². The van der Waals surface area contributed by atoms with Gasteiger partial charge in [-0.15, -0.1) is 0 Å². The fourth-order valence-corrected chi connectivity index (χ4v) is 5.08. The summed E-state index contributed by atoms with van der Waals surface area (Å²) in [5, 5.41) is 4.77. The van der Waals surface area contributed by atoms with E-state index in [-0.39, 0.29) is 17.2 Å². The largest absolute Gasteiger partial charge is 0.366 e. The van der Waals surface area contributed by atoms with Crippen LogP contribution in [0.15, 0.2) is 34.5 Å². The molecule has 1 N–H and O–H groups in total. The van der Waals surface area contributed by atoms with Crippen molar-refractivity contribution in [1.82, 2.24) is 15.4 Å². The Kier molecular flexibility index (Phi) is 7.36. The number of hydrazone groups is 1. The van der Waals surface area contributed by atoms with Crippen molar-refractivity contribution in [2.45, 2.75) is 71.0 Å². The molecule has 0 radical (unpaired) electrons. The highest BCUT2D eigenvalue weighted by atomic mass is 32.2. The van der Waals surface area contributed by atoms with Gasteiger partial charge in [0.1, 0.15) is 0 Å². The predicted octanol–water partition coefficient (Wildman–Crippen LogP) is 4.84. The molecule has 1 atom stereocenters. The SMILES string of the molecule is CCCN1c2ccc(/C=N\NC(=O)CSc3nc(C)cc(C)n3)cc2C(C)CC1(C)C. The first-order valence-electron chi connectivity index (χ1n) is 10.9. The van der Waals surface area contributed by atoms with Crippen molar-refractivity contribution in [2.75, 3.05) is 17.2 Å². The number of benzene rings is 1. The summed E-state index contributed by atoms with van der Waals surface area (Å²) < 4.78 is 0. The maximum atomic E-state index is 12.1. The highest BCUT2D eigenvalue weighted by Gasteiger charge is 2.35. The number of fused-ring (bicyclic) bond motifs is 1. The fourth-order valence-electron chi connectivity index (χ4n) is 4.34. The minimum Gasteiger partial charge on any atom is -0.366 e. The summed E-state index contributed by atoms with van der Waals surface area (Å²) in [6.07, 6.45) is 3.96. The third-order valence-electron chi connectivity index (χ3n) is 5.55. The van der Waals surface area contributed by atoms with Crippen LogP contribution in [0.1, 0.15) is 69.0 Å². The number of amides is 1. The normalized spacial score (nSPS) is 17.6. The van der Waals surface area contributed by atoms with E-state index in [2.05, 4.69) is 71.3 Å². The molecule has 1 unspecified atom stereocenters. The lowest BCUT2D eigenvalue weighted by atomic mass is 9.79. The van der Waals surface area contributed by atoms with Crippen LogP contribution < -0.4 is 10.3 Å². The summed E-state index contributed by atoms with van der Waals surface area (Å²) in [5.41, 5.74) is 8.22. The van der Waals surface area contributed by atoms with Gasteiger partial charge in [0.2, 0.25) is 0 Å². The number of thioether (sulfide) groups is 1. The Balaban J connectivity index is 1.62. The Morgan fingerprint density at radius 3 is 2.68 bits per heavy atom. The van der Waals surface area contributed by atoms with Gasteiger partial charge in [0.15, 0.2) is 5.16 Å². The van der Waals surface area contributed by atoms with Crippen LogP contribution in [0.25, 0.3) is 0 Å². The lowest BCUT2D eigenvalue weighted by molar-refractivity contribution is -0.118. The molecule has 6 nitrogen and oxygen atoms in total. The quantitative estimate of drug-likeness (QED) is 0.289. The Bertz CT molecular complexity index is 952. The monoisotopic (exact) mass is 439 g/mol. The van der Waals surface area contributed by atoms with Crippen molar-refractivity contribution in [3.05, 3.63) is 46.8 Å². The molecule has 2 aromatic rings. The molecule has 0 fully saturated rings. The predicted molar refractivity (Wildman–Crippen MR) is 129 cm³/mol. The molecule has 1 aliphatic rings. The molecule has 3 rings (SSSR count). The first-order valence-corrected chi connectivity index (χ1v) is 11.9. The summed E-state index contributed by atoms with van der Waals surface area (Å²) >= 11 is 1.31. The second-order valence-corrected chi connectivity index (χ2v) is 9.85. The van der Waals surface area contributed by atoms with E-state index in [1.807, 2.05) is 19.9 Å². The number of carbonyl (C=O) groups is 1. The molecule has 31 heavy (non-hydrogen) atoms. The standard InChI is InChI=1S/C24H33N5OS/c1-7-10-29-21-9-8-19(12-20(21)16(2)13-24(29,5)6)14-25-28-22(30)15-31-23-26-17(3)11-18(4)27-23/h8-9,11-12,14,16H,7,10,13,15H2,1-6H3,(H,28,30)/b25-14-. The molecule has 1 aliphatic heterocycles. The summed E-state index contributed by atoms with van der Waals surface area (Å²) in [5.74, 6) is 0.532. The second kappa shape index (κ2) is 9.81. The number of carbonyl (C=O) groups excluding carboxylic acids is 1. The maximum absolute atomic E-state index is 12.1. The first-order chi connectivity index (χ1) is 14.7. The average Bonchev–Trinajstić information content (AvgIpc) is 2.69. The van der Waals surface area contributed by atoms with Gasteiger partial charge in [-0.2, -0.15) is 5.10 Å². The molecule has 2 heterocycles. The molecule has 166 valence electrons. The fraction of sp³-hybridized carbons (Fsp3) is 0.500. The molecule has 1 aromatic carbocycles. The second-order valence-electron chi connectivity index (χ2n) is 8.90. The Morgan fingerprint density at radius 1 is 1.29 bits per heavy atom. The molecule has 0 aliphatic carbocycles. The highest BCUT2D eigenvalue weighted by Crippen LogP contribution is 2.43. The van der Waals surface area contributed by atoms with Crippen LogP contribution in [-0.2, 0) is 4.79 Å². The minimum atomic E-state index is -0.175. The number of anilines is 1. The Morgan fingerprint density at radius 2 is 2.00 bits per heavy atom. The van der Waals surface area contributed by atoms with Gasteiger partial charge < -0.3 is 4.90 Å². The molecular weight excluding hydrogens is 406 g/mol. The van der Waals surface area contributed by atoms with Gasteiger partial charge in [-0.1, -0.05) is 31.7 Å². The van der Waals surface area contributed by atoms with E-state index >= 15 is 0 Å². The van der Waals surface area contributed by atoms with E-state index in [0.29, 0.717) is 11.1 Å². The molecule has 0 saturated heterocycles. The Hall–Kier alpha value is -2.41. The number of hydrogen-bond donors (Lipinski definition) is 1. The van der Waals surface area contributed by atoms with Crippen LogP contribution >= 0.6 is 11.8 Å². The number of nitrogens with one attached hydrogen (secondary N) is 1. The van der Waals surface area contributed by atoms with E-state index < -0.39 is 0 Å². The highest BCUT2D eigenvalue weighted by molar-refractivity contribution is 7.99.